The summed E-state index contributed by atoms with van der Waals surface area (Å²) < 4.78 is 12.2. The first-order valence-corrected chi connectivity index (χ1v) is 8.28. The van der Waals surface area contributed by atoms with Crippen molar-refractivity contribution in [3.05, 3.63) is 57.2 Å². The van der Waals surface area contributed by atoms with E-state index in [1.54, 1.807) is 43.8 Å². The summed E-state index contributed by atoms with van der Waals surface area (Å²) >= 11 is 0. The molecule has 0 aliphatic heterocycles. The summed E-state index contributed by atoms with van der Waals surface area (Å²) in [7, 11) is 1.75. The molecule has 2 heterocycles. The van der Waals surface area contributed by atoms with Gasteiger partial charge in [-0.3, -0.25) is 9.48 Å². The van der Waals surface area contributed by atoms with Crippen LogP contribution in [-0.4, -0.2) is 21.7 Å². The van der Waals surface area contributed by atoms with Crippen LogP contribution in [-0.2, 0) is 23.2 Å². The number of carbonyl (C=O) groups is 2. The topological polar surface area (TPSA) is 103 Å². The van der Waals surface area contributed by atoms with Crippen LogP contribution in [0.25, 0.3) is 11.0 Å². The summed E-state index contributed by atoms with van der Waals surface area (Å²) in [6.07, 6.45) is 0. The van der Waals surface area contributed by atoms with Crippen LogP contribution in [0.5, 0.6) is 0 Å². The second-order valence-electron chi connectivity index (χ2n) is 6.23. The fourth-order valence-corrected chi connectivity index (χ4v) is 2.91. The number of aryl methyl sites for hydroxylation is 2. The molecule has 1 N–H and O–H groups in total. The lowest BCUT2D eigenvalue weighted by molar-refractivity contribution is -0.114. The van der Waals surface area contributed by atoms with Crippen molar-refractivity contribution >= 4 is 28.5 Å². The maximum atomic E-state index is 12.4. The van der Waals surface area contributed by atoms with E-state index < -0.39 is 11.6 Å². The second-order valence-corrected chi connectivity index (χ2v) is 6.23. The monoisotopic (exact) mass is 369 g/mol. The van der Waals surface area contributed by atoms with E-state index in [0.29, 0.717) is 39.2 Å². The number of anilines is 1. The average molecular weight is 369 g/mol. The number of esters is 1. The van der Waals surface area contributed by atoms with Crippen molar-refractivity contribution in [2.45, 2.75) is 27.4 Å². The molecule has 0 aliphatic carbocycles. The summed E-state index contributed by atoms with van der Waals surface area (Å²) in [5.74, 6) is -0.738. The van der Waals surface area contributed by atoms with Crippen molar-refractivity contribution in [3.63, 3.8) is 0 Å². The predicted molar refractivity (Wildman–Crippen MR) is 98.6 cm³/mol. The Balaban J connectivity index is 1.89. The summed E-state index contributed by atoms with van der Waals surface area (Å²) in [5, 5.41) is 7.45. The van der Waals surface area contributed by atoms with Gasteiger partial charge in [0.15, 0.2) is 0 Å². The van der Waals surface area contributed by atoms with E-state index in [2.05, 4.69) is 10.4 Å². The van der Waals surface area contributed by atoms with Gasteiger partial charge in [0.25, 0.3) is 0 Å². The normalized spacial score (nSPS) is 10.8. The highest BCUT2D eigenvalue weighted by molar-refractivity contribution is 5.93. The molecule has 140 valence electrons. The summed E-state index contributed by atoms with van der Waals surface area (Å²) in [6.45, 7) is 4.82. The third-order valence-corrected chi connectivity index (χ3v) is 4.22. The lowest BCUT2D eigenvalue weighted by atomic mass is 10.1. The smallest absolute Gasteiger partial charge is 0.342 e. The SMILES string of the molecule is CC(=O)Nc1ccc2c(COC(=O)c3c(C)nn(C)c3C)cc(=O)oc2c1. The third kappa shape index (κ3) is 3.74. The number of carbonyl (C=O) groups excluding carboxylic acids is 2. The van der Waals surface area contributed by atoms with E-state index in [0.717, 1.165) is 0 Å². The quantitative estimate of drug-likeness (QED) is 0.560. The predicted octanol–water partition coefficient (Wildman–Crippen LogP) is 2.46. The van der Waals surface area contributed by atoms with E-state index in [-0.39, 0.29) is 12.5 Å². The van der Waals surface area contributed by atoms with Gasteiger partial charge in [-0.05, 0) is 26.0 Å². The highest BCUT2D eigenvalue weighted by Gasteiger charge is 2.19. The van der Waals surface area contributed by atoms with E-state index in [1.807, 2.05) is 0 Å². The Morgan fingerprint density at radius 3 is 2.63 bits per heavy atom. The maximum Gasteiger partial charge on any atom is 0.342 e. The van der Waals surface area contributed by atoms with Crippen molar-refractivity contribution in [1.29, 1.82) is 0 Å². The molecule has 0 spiro atoms. The molecule has 1 amide bonds. The first-order valence-electron chi connectivity index (χ1n) is 8.28. The number of benzene rings is 1. The molecule has 1 aromatic carbocycles. The highest BCUT2D eigenvalue weighted by atomic mass is 16.5. The van der Waals surface area contributed by atoms with Crippen LogP contribution in [0.3, 0.4) is 0 Å². The third-order valence-electron chi connectivity index (χ3n) is 4.22. The molecule has 8 heteroatoms. The number of hydrogen-bond acceptors (Lipinski definition) is 6. The van der Waals surface area contributed by atoms with E-state index in [4.69, 9.17) is 9.15 Å². The van der Waals surface area contributed by atoms with Crippen molar-refractivity contribution < 1.29 is 18.7 Å². The number of nitrogens with one attached hydrogen (secondary N) is 1. The molecule has 3 aromatic rings. The lowest BCUT2D eigenvalue weighted by Crippen LogP contribution is -2.10. The number of ether oxygens (including phenoxy) is 1. The van der Waals surface area contributed by atoms with Gasteiger partial charge in [-0.25, -0.2) is 9.59 Å². The fourth-order valence-electron chi connectivity index (χ4n) is 2.91. The highest BCUT2D eigenvalue weighted by Crippen LogP contribution is 2.23. The standard InChI is InChI=1S/C19H19N3O5/c1-10-18(11(2)22(4)21-10)19(25)26-9-13-7-17(24)27-16-8-14(20-12(3)23)5-6-15(13)16/h5-8H,9H2,1-4H3,(H,20,23). The van der Waals surface area contributed by atoms with Gasteiger partial charge in [-0.2, -0.15) is 5.10 Å². The Labute approximate surface area is 154 Å². The zero-order chi connectivity index (χ0) is 19.7. The minimum Gasteiger partial charge on any atom is -0.457 e. The first kappa shape index (κ1) is 18.4. The van der Waals surface area contributed by atoms with Gasteiger partial charge in [-0.1, -0.05) is 0 Å². The molecular weight excluding hydrogens is 350 g/mol. The molecule has 0 aliphatic rings. The minimum absolute atomic E-state index is 0.0891. The molecular formula is C19H19N3O5. The summed E-state index contributed by atoms with van der Waals surface area (Å²) in [6, 6.07) is 6.23. The van der Waals surface area contributed by atoms with Crippen LogP contribution in [0.1, 0.15) is 34.2 Å². The number of fused-ring (bicyclic) bond motifs is 1. The number of rotatable bonds is 4. The largest absolute Gasteiger partial charge is 0.457 e. The van der Waals surface area contributed by atoms with Gasteiger partial charge in [0.2, 0.25) is 5.91 Å². The molecule has 3 rings (SSSR count). The molecule has 0 saturated carbocycles. The molecule has 27 heavy (non-hydrogen) atoms. The Morgan fingerprint density at radius 2 is 2.00 bits per heavy atom. The van der Waals surface area contributed by atoms with Crippen LogP contribution in [0.4, 0.5) is 5.69 Å². The Bertz CT molecular complexity index is 1110. The van der Waals surface area contributed by atoms with Gasteiger partial charge in [-0.15, -0.1) is 0 Å². The van der Waals surface area contributed by atoms with Gasteiger partial charge in [0.05, 0.1) is 5.69 Å². The van der Waals surface area contributed by atoms with E-state index >= 15 is 0 Å². The Morgan fingerprint density at radius 1 is 1.26 bits per heavy atom. The number of aromatic nitrogens is 2. The summed E-state index contributed by atoms with van der Waals surface area (Å²) in [5.41, 5.74) is 2.46. The van der Waals surface area contributed by atoms with Gasteiger partial charge in [0, 0.05) is 48.4 Å². The average Bonchev–Trinajstić information content (AvgIpc) is 2.83. The second kappa shape index (κ2) is 7.06. The lowest BCUT2D eigenvalue weighted by Gasteiger charge is -2.09. The van der Waals surface area contributed by atoms with E-state index in [1.165, 1.54) is 13.0 Å². The molecule has 0 atom stereocenters. The number of amides is 1. The Kier molecular flexibility index (Phi) is 4.81. The molecule has 2 aromatic heterocycles. The first-order chi connectivity index (χ1) is 12.8. The van der Waals surface area contributed by atoms with Gasteiger partial charge < -0.3 is 14.5 Å². The zero-order valence-electron chi connectivity index (χ0n) is 15.5. The minimum atomic E-state index is -0.567. The van der Waals surface area contributed by atoms with Crippen LogP contribution < -0.4 is 10.9 Å². The van der Waals surface area contributed by atoms with Crippen LogP contribution in [0, 0.1) is 13.8 Å². The number of hydrogen-bond donors (Lipinski definition) is 1. The van der Waals surface area contributed by atoms with Crippen LogP contribution in [0.2, 0.25) is 0 Å². The fraction of sp³-hybridized carbons (Fsp3) is 0.263. The zero-order valence-corrected chi connectivity index (χ0v) is 15.5. The molecule has 0 bridgehead atoms. The van der Waals surface area contributed by atoms with Crippen molar-refractivity contribution in [1.82, 2.24) is 9.78 Å². The maximum absolute atomic E-state index is 12.4. The van der Waals surface area contributed by atoms with Crippen LogP contribution >= 0.6 is 0 Å². The molecule has 0 radical (unpaired) electrons. The van der Waals surface area contributed by atoms with Gasteiger partial charge >= 0.3 is 11.6 Å². The van der Waals surface area contributed by atoms with Crippen LogP contribution in [0.15, 0.2) is 33.5 Å². The Hall–Kier alpha value is -3.42. The molecule has 0 unspecified atom stereocenters. The van der Waals surface area contributed by atoms with Crippen molar-refractivity contribution in [2.75, 3.05) is 5.32 Å². The van der Waals surface area contributed by atoms with Crippen molar-refractivity contribution in [2.24, 2.45) is 7.05 Å². The molecule has 0 fully saturated rings. The van der Waals surface area contributed by atoms with Crippen molar-refractivity contribution in [3.8, 4) is 0 Å². The van der Waals surface area contributed by atoms with E-state index in [9.17, 15) is 14.4 Å². The number of nitrogens with zero attached hydrogens (tertiary/aromatic N) is 2. The summed E-state index contributed by atoms with van der Waals surface area (Å²) in [4.78, 5) is 35.5. The van der Waals surface area contributed by atoms with Gasteiger partial charge in [0.1, 0.15) is 17.8 Å². The molecule has 8 nitrogen and oxygen atoms in total. The molecule has 0 saturated heterocycles.